The summed E-state index contributed by atoms with van der Waals surface area (Å²) in [6.45, 7) is 2.21. The molecule has 0 saturated carbocycles. The molecule has 3 rings (SSSR count). The molecule has 5 nitrogen and oxygen atoms in total. The van der Waals surface area contributed by atoms with Crippen LogP contribution in [0.15, 0.2) is 73.1 Å². The third kappa shape index (κ3) is 4.20. The van der Waals surface area contributed by atoms with Crippen LogP contribution in [0, 0.1) is 0 Å². The van der Waals surface area contributed by atoms with Crippen molar-refractivity contribution in [2.24, 2.45) is 0 Å². The standard InChI is InChI=1S/C20H18N2O3/c1-15(19(23)17-6-3-2-4-7-17)25-20(24)18-10-8-16(9-11-18)14-22-13-5-12-21-22/h2-13,15H,14H2,1H3/t15-/m0/s1. The lowest BCUT2D eigenvalue weighted by molar-refractivity contribution is 0.0319. The predicted octanol–water partition coefficient (Wildman–Crippen LogP) is 3.36. The molecule has 0 N–H and O–H groups in total. The summed E-state index contributed by atoms with van der Waals surface area (Å²) in [6, 6.07) is 17.7. The van der Waals surface area contributed by atoms with Gasteiger partial charge >= 0.3 is 5.97 Å². The molecule has 1 aromatic heterocycles. The number of ether oxygens (including phenoxy) is 1. The van der Waals surface area contributed by atoms with Gasteiger partial charge in [0.15, 0.2) is 6.10 Å². The Balaban J connectivity index is 1.62. The number of carbonyl (C=O) groups is 2. The highest BCUT2D eigenvalue weighted by Crippen LogP contribution is 2.11. The maximum Gasteiger partial charge on any atom is 0.338 e. The highest BCUT2D eigenvalue weighted by molar-refractivity contribution is 6.01. The van der Waals surface area contributed by atoms with Crippen molar-refractivity contribution in [2.75, 3.05) is 0 Å². The molecule has 2 aromatic carbocycles. The van der Waals surface area contributed by atoms with Crippen LogP contribution in [-0.2, 0) is 11.3 Å². The van der Waals surface area contributed by atoms with Crippen molar-refractivity contribution in [1.82, 2.24) is 9.78 Å². The molecular weight excluding hydrogens is 316 g/mol. The van der Waals surface area contributed by atoms with E-state index in [4.69, 9.17) is 4.74 Å². The SMILES string of the molecule is C[C@H](OC(=O)c1ccc(Cn2cccn2)cc1)C(=O)c1ccccc1. The first-order valence-corrected chi connectivity index (χ1v) is 8.00. The molecule has 0 aliphatic carbocycles. The summed E-state index contributed by atoms with van der Waals surface area (Å²) in [5.41, 5.74) is 1.96. The van der Waals surface area contributed by atoms with E-state index >= 15 is 0 Å². The predicted molar refractivity (Wildman–Crippen MR) is 93.4 cm³/mol. The van der Waals surface area contributed by atoms with Gasteiger partial charge in [-0.2, -0.15) is 5.10 Å². The first-order chi connectivity index (χ1) is 12.1. The number of ketones is 1. The molecule has 126 valence electrons. The van der Waals surface area contributed by atoms with Gasteiger partial charge in [-0.15, -0.1) is 0 Å². The maximum absolute atomic E-state index is 12.3. The van der Waals surface area contributed by atoms with Crippen molar-refractivity contribution >= 4 is 11.8 Å². The average Bonchev–Trinajstić information content (AvgIpc) is 3.15. The zero-order valence-corrected chi connectivity index (χ0v) is 13.8. The summed E-state index contributed by atoms with van der Waals surface area (Å²) < 4.78 is 7.09. The molecular formula is C20H18N2O3. The van der Waals surface area contributed by atoms with Gasteiger partial charge in [0.2, 0.25) is 5.78 Å². The fourth-order valence-corrected chi connectivity index (χ4v) is 2.45. The fraction of sp³-hybridized carbons (Fsp3) is 0.150. The molecule has 0 amide bonds. The van der Waals surface area contributed by atoms with E-state index in [0.29, 0.717) is 17.7 Å². The molecule has 0 radical (unpaired) electrons. The Bertz CT molecular complexity index is 840. The lowest BCUT2D eigenvalue weighted by Crippen LogP contribution is -2.24. The molecule has 1 heterocycles. The number of hydrogen-bond acceptors (Lipinski definition) is 4. The van der Waals surface area contributed by atoms with Gasteiger partial charge in [0, 0.05) is 18.0 Å². The van der Waals surface area contributed by atoms with Crippen LogP contribution in [0.4, 0.5) is 0 Å². The second-order valence-electron chi connectivity index (χ2n) is 5.68. The number of rotatable bonds is 6. The van der Waals surface area contributed by atoms with Crippen LogP contribution in [0.3, 0.4) is 0 Å². The van der Waals surface area contributed by atoms with Crippen molar-refractivity contribution in [3.05, 3.63) is 89.7 Å². The summed E-state index contributed by atoms with van der Waals surface area (Å²) in [5, 5.41) is 4.14. The van der Waals surface area contributed by atoms with Crippen LogP contribution >= 0.6 is 0 Å². The van der Waals surface area contributed by atoms with E-state index in [1.807, 2.05) is 30.5 Å². The summed E-state index contributed by atoms with van der Waals surface area (Å²) in [7, 11) is 0. The van der Waals surface area contributed by atoms with Crippen LogP contribution < -0.4 is 0 Å². The number of benzene rings is 2. The Kier molecular flexibility index (Phi) is 5.04. The number of carbonyl (C=O) groups excluding carboxylic acids is 2. The Morgan fingerprint density at radius 1 is 1.00 bits per heavy atom. The summed E-state index contributed by atoms with van der Waals surface area (Å²) in [5.74, 6) is -0.730. The molecule has 5 heteroatoms. The maximum atomic E-state index is 12.3. The number of hydrogen-bond donors (Lipinski definition) is 0. The zero-order valence-electron chi connectivity index (χ0n) is 13.8. The lowest BCUT2D eigenvalue weighted by atomic mass is 10.1. The van der Waals surface area contributed by atoms with Gasteiger partial charge in [-0.3, -0.25) is 9.48 Å². The van der Waals surface area contributed by atoms with Crippen LogP contribution in [-0.4, -0.2) is 27.6 Å². The monoisotopic (exact) mass is 334 g/mol. The van der Waals surface area contributed by atoms with E-state index < -0.39 is 12.1 Å². The van der Waals surface area contributed by atoms with E-state index in [2.05, 4.69) is 5.10 Å². The minimum atomic E-state index is -0.835. The highest BCUT2D eigenvalue weighted by Gasteiger charge is 2.20. The molecule has 0 unspecified atom stereocenters. The highest BCUT2D eigenvalue weighted by atomic mass is 16.5. The molecule has 0 bridgehead atoms. The first-order valence-electron chi connectivity index (χ1n) is 8.00. The summed E-state index contributed by atoms with van der Waals surface area (Å²) >= 11 is 0. The molecule has 1 atom stereocenters. The zero-order chi connectivity index (χ0) is 17.6. The van der Waals surface area contributed by atoms with Gasteiger partial charge in [-0.1, -0.05) is 42.5 Å². The van der Waals surface area contributed by atoms with Gasteiger partial charge in [0.05, 0.1) is 12.1 Å². The molecule has 0 aliphatic heterocycles. The van der Waals surface area contributed by atoms with Gasteiger partial charge in [-0.25, -0.2) is 4.79 Å². The summed E-state index contributed by atoms with van der Waals surface area (Å²) in [4.78, 5) is 24.5. The summed E-state index contributed by atoms with van der Waals surface area (Å²) in [6.07, 6.45) is 2.76. The van der Waals surface area contributed by atoms with Gasteiger partial charge in [0.25, 0.3) is 0 Å². The van der Waals surface area contributed by atoms with E-state index in [1.54, 1.807) is 54.2 Å². The van der Waals surface area contributed by atoms with Gasteiger partial charge in [0.1, 0.15) is 0 Å². The number of Topliss-reactive ketones (excluding diaryl/α,β-unsaturated/α-hetero) is 1. The molecule has 0 spiro atoms. The lowest BCUT2D eigenvalue weighted by Gasteiger charge is -2.12. The van der Waals surface area contributed by atoms with E-state index in [0.717, 1.165) is 5.56 Å². The van der Waals surface area contributed by atoms with Crippen molar-refractivity contribution in [3.63, 3.8) is 0 Å². The van der Waals surface area contributed by atoms with Crippen molar-refractivity contribution in [2.45, 2.75) is 19.6 Å². The van der Waals surface area contributed by atoms with Crippen LogP contribution in [0.5, 0.6) is 0 Å². The largest absolute Gasteiger partial charge is 0.451 e. The van der Waals surface area contributed by atoms with E-state index in [9.17, 15) is 9.59 Å². The van der Waals surface area contributed by atoms with Crippen molar-refractivity contribution in [3.8, 4) is 0 Å². The van der Waals surface area contributed by atoms with Crippen molar-refractivity contribution in [1.29, 1.82) is 0 Å². The second-order valence-corrected chi connectivity index (χ2v) is 5.68. The second kappa shape index (κ2) is 7.57. The fourth-order valence-electron chi connectivity index (χ4n) is 2.45. The van der Waals surface area contributed by atoms with Crippen LogP contribution in [0.1, 0.15) is 33.2 Å². The number of aromatic nitrogens is 2. The minimum absolute atomic E-state index is 0.218. The quantitative estimate of drug-likeness (QED) is 0.512. The van der Waals surface area contributed by atoms with Crippen molar-refractivity contribution < 1.29 is 14.3 Å². The Morgan fingerprint density at radius 3 is 2.36 bits per heavy atom. The molecule has 25 heavy (non-hydrogen) atoms. The topological polar surface area (TPSA) is 61.2 Å². The third-order valence-electron chi connectivity index (χ3n) is 3.80. The normalized spacial score (nSPS) is 11.7. The molecule has 0 aliphatic rings. The van der Waals surface area contributed by atoms with E-state index in [1.165, 1.54) is 0 Å². The molecule has 0 fully saturated rings. The molecule has 0 saturated heterocycles. The Morgan fingerprint density at radius 2 is 1.72 bits per heavy atom. The van der Waals surface area contributed by atoms with Gasteiger partial charge in [-0.05, 0) is 30.7 Å². The average molecular weight is 334 g/mol. The number of nitrogens with zero attached hydrogens (tertiary/aromatic N) is 2. The van der Waals surface area contributed by atoms with E-state index in [-0.39, 0.29) is 5.78 Å². The Labute approximate surface area is 145 Å². The third-order valence-corrected chi connectivity index (χ3v) is 3.80. The minimum Gasteiger partial charge on any atom is -0.451 e. The molecule has 3 aromatic rings. The number of esters is 1. The smallest absolute Gasteiger partial charge is 0.338 e. The van der Waals surface area contributed by atoms with Gasteiger partial charge < -0.3 is 4.74 Å². The first kappa shape index (κ1) is 16.6. The van der Waals surface area contributed by atoms with Crippen LogP contribution in [0.25, 0.3) is 0 Å². The van der Waals surface area contributed by atoms with Crippen LogP contribution in [0.2, 0.25) is 0 Å². The Hall–Kier alpha value is -3.21.